The molecule has 1 aromatic carbocycles. The topological polar surface area (TPSA) is 3.24 Å². The van der Waals surface area contributed by atoms with Gasteiger partial charge in [-0.3, -0.25) is 0 Å². The quantitative estimate of drug-likeness (QED) is 0.733. The van der Waals surface area contributed by atoms with Gasteiger partial charge in [-0.15, -0.1) is 0 Å². The molecule has 1 heteroatoms. The zero-order valence-electron chi connectivity index (χ0n) is 10.6. The second-order valence-corrected chi connectivity index (χ2v) is 4.95. The minimum Gasteiger partial charge on any atom is -0.372 e. The maximum absolute atomic E-state index is 2.52. The fourth-order valence-corrected chi connectivity index (χ4v) is 2.40. The first-order valence-electron chi connectivity index (χ1n) is 6.66. The summed E-state index contributed by atoms with van der Waals surface area (Å²) in [6.07, 6.45) is 5.34. The van der Waals surface area contributed by atoms with Crippen LogP contribution in [0.2, 0.25) is 0 Å². The third kappa shape index (κ3) is 2.58. The maximum atomic E-state index is 2.52. The van der Waals surface area contributed by atoms with Gasteiger partial charge in [0.1, 0.15) is 0 Å². The molecule has 0 aromatic heterocycles. The molecule has 0 aliphatic carbocycles. The van der Waals surface area contributed by atoms with Crippen molar-refractivity contribution in [3.8, 4) is 0 Å². The van der Waals surface area contributed by atoms with E-state index in [9.17, 15) is 0 Å². The molecule has 2 rings (SSSR count). The van der Waals surface area contributed by atoms with Crippen LogP contribution >= 0.6 is 0 Å². The largest absolute Gasteiger partial charge is 0.372 e. The van der Waals surface area contributed by atoms with Crippen LogP contribution in [0, 0.1) is 0 Å². The van der Waals surface area contributed by atoms with Gasteiger partial charge in [0.2, 0.25) is 0 Å². The molecule has 1 saturated heterocycles. The highest BCUT2D eigenvalue weighted by atomic mass is 15.1. The Morgan fingerprint density at radius 1 is 1.06 bits per heavy atom. The number of benzene rings is 1. The summed E-state index contributed by atoms with van der Waals surface area (Å²) in [5.74, 6) is 0.690. The Labute approximate surface area is 99.5 Å². The fourth-order valence-electron chi connectivity index (χ4n) is 2.40. The predicted molar refractivity (Wildman–Crippen MR) is 71.2 cm³/mol. The van der Waals surface area contributed by atoms with E-state index in [2.05, 4.69) is 43.0 Å². The minimum absolute atomic E-state index is 0.690. The zero-order valence-corrected chi connectivity index (χ0v) is 10.6. The number of hydrogen-bond donors (Lipinski definition) is 0. The van der Waals surface area contributed by atoms with Crippen molar-refractivity contribution in [2.45, 2.75) is 45.4 Å². The maximum Gasteiger partial charge on any atom is 0.0366 e. The van der Waals surface area contributed by atoms with Crippen LogP contribution in [-0.4, -0.2) is 13.1 Å². The minimum atomic E-state index is 0.690. The van der Waals surface area contributed by atoms with Gasteiger partial charge in [0, 0.05) is 18.8 Å². The van der Waals surface area contributed by atoms with Gasteiger partial charge in [0.15, 0.2) is 0 Å². The van der Waals surface area contributed by atoms with Crippen molar-refractivity contribution in [3.05, 3.63) is 29.8 Å². The molecule has 1 nitrogen and oxygen atoms in total. The van der Waals surface area contributed by atoms with Crippen LogP contribution in [0.15, 0.2) is 24.3 Å². The van der Waals surface area contributed by atoms with Crippen LogP contribution in [0.3, 0.4) is 0 Å². The number of anilines is 1. The van der Waals surface area contributed by atoms with Crippen LogP contribution in [0.4, 0.5) is 5.69 Å². The summed E-state index contributed by atoms with van der Waals surface area (Å²) in [5, 5.41) is 0. The second kappa shape index (κ2) is 5.38. The van der Waals surface area contributed by atoms with Gasteiger partial charge in [-0.1, -0.05) is 26.0 Å². The molecule has 0 saturated carbocycles. The first-order valence-corrected chi connectivity index (χ1v) is 6.66. The highest BCUT2D eigenvalue weighted by Crippen LogP contribution is 2.24. The number of rotatable bonds is 3. The van der Waals surface area contributed by atoms with Crippen molar-refractivity contribution in [2.75, 3.05) is 18.0 Å². The molecule has 0 spiro atoms. The lowest BCUT2D eigenvalue weighted by molar-refractivity contribution is 0.577. The summed E-state index contributed by atoms with van der Waals surface area (Å²) < 4.78 is 0. The molecular weight excluding hydrogens is 194 g/mol. The van der Waals surface area contributed by atoms with Crippen molar-refractivity contribution >= 4 is 5.69 Å². The summed E-state index contributed by atoms with van der Waals surface area (Å²) in [4.78, 5) is 2.52. The van der Waals surface area contributed by atoms with Crippen LogP contribution in [0.25, 0.3) is 0 Å². The lowest BCUT2D eigenvalue weighted by atomic mass is 9.98. The van der Waals surface area contributed by atoms with E-state index >= 15 is 0 Å². The van der Waals surface area contributed by atoms with Gasteiger partial charge in [0.25, 0.3) is 0 Å². The van der Waals surface area contributed by atoms with Crippen molar-refractivity contribution in [1.29, 1.82) is 0 Å². The van der Waals surface area contributed by atoms with Crippen LogP contribution in [-0.2, 0) is 0 Å². The SMILES string of the molecule is CCC(C)c1ccc(N2CCCCC2)cc1. The summed E-state index contributed by atoms with van der Waals surface area (Å²) in [7, 11) is 0. The monoisotopic (exact) mass is 217 g/mol. The highest BCUT2D eigenvalue weighted by Gasteiger charge is 2.11. The number of nitrogens with zero attached hydrogens (tertiary/aromatic N) is 1. The average molecular weight is 217 g/mol. The van der Waals surface area contributed by atoms with E-state index in [1.807, 2.05) is 0 Å². The molecule has 0 bridgehead atoms. The Bertz CT molecular complexity index is 309. The molecule has 0 amide bonds. The Kier molecular flexibility index (Phi) is 3.87. The van der Waals surface area contributed by atoms with Gasteiger partial charge in [-0.2, -0.15) is 0 Å². The zero-order chi connectivity index (χ0) is 11.4. The van der Waals surface area contributed by atoms with Crippen LogP contribution in [0.5, 0.6) is 0 Å². The van der Waals surface area contributed by atoms with E-state index < -0.39 is 0 Å². The van der Waals surface area contributed by atoms with Crippen LogP contribution < -0.4 is 4.90 Å². The highest BCUT2D eigenvalue weighted by molar-refractivity contribution is 5.48. The molecule has 1 heterocycles. The number of hydrogen-bond acceptors (Lipinski definition) is 1. The Hall–Kier alpha value is -0.980. The number of piperidine rings is 1. The summed E-state index contributed by atoms with van der Waals surface area (Å²) in [5.41, 5.74) is 2.88. The van der Waals surface area contributed by atoms with Gasteiger partial charge >= 0.3 is 0 Å². The molecule has 1 atom stereocenters. The Morgan fingerprint density at radius 3 is 2.25 bits per heavy atom. The molecule has 1 aromatic rings. The third-order valence-electron chi connectivity index (χ3n) is 3.80. The van der Waals surface area contributed by atoms with Crippen molar-refractivity contribution in [3.63, 3.8) is 0 Å². The van der Waals surface area contributed by atoms with Crippen LogP contribution in [0.1, 0.15) is 51.0 Å². The fraction of sp³-hybridized carbons (Fsp3) is 0.600. The molecule has 1 fully saturated rings. The second-order valence-electron chi connectivity index (χ2n) is 4.95. The van der Waals surface area contributed by atoms with E-state index in [0.717, 1.165) is 0 Å². The smallest absolute Gasteiger partial charge is 0.0366 e. The Balaban J connectivity index is 2.06. The van der Waals surface area contributed by atoms with E-state index in [1.54, 1.807) is 0 Å². The molecule has 1 aliphatic rings. The molecule has 1 unspecified atom stereocenters. The van der Waals surface area contributed by atoms with Gasteiger partial charge < -0.3 is 4.90 Å². The van der Waals surface area contributed by atoms with E-state index in [1.165, 1.54) is 50.0 Å². The van der Waals surface area contributed by atoms with Gasteiger partial charge in [-0.05, 0) is 49.3 Å². The molecule has 16 heavy (non-hydrogen) atoms. The first-order chi connectivity index (χ1) is 7.81. The van der Waals surface area contributed by atoms with Gasteiger partial charge in [-0.25, -0.2) is 0 Å². The molecule has 88 valence electrons. The normalized spacial score (nSPS) is 18.5. The predicted octanol–water partition coefficient (Wildman–Crippen LogP) is 4.19. The van der Waals surface area contributed by atoms with Crippen molar-refractivity contribution in [2.24, 2.45) is 0 Å². The van der Waals surface area contributed by atoms with E-state index in [4.69, 9.17) is 0 Å². The van der Waals surface area contributed by atoms with Crippen molar-refractivity contribution < 1.29 is 0 Å². The standard InChI is InChI=1S/C15H23N/c1-3-13(2)14-7-9-15(10-8-14)16-11-5-4-6-12-16/h7-10,13H,3-6,11-12H2,1-2H3. The lowest BCUT2D eigenvalue weighted by Crippen LogP contribution is -2.29. The summed E-state index contributed by atoms with van der Waals surface area (Å²) in [6.45, 7) is 7.03. The average Bonchev–Trinajstić information content (AvgIpc) is 2.39. The Morgan fingerprint density at radius 2 is 1.69 bits per heavy atom. The van der Waals surface area contributed by atoms with E-state index in [0.29, 0.717) is 5.92 Å². The molecule has 1 aliphatic heterocycles. The first kappa shape index (κ1) is 11.5. The molecular formula is C15H23N. The summed E-state index contributed by atoms with van der Waals surface area (Å²) in [6, 6.07) is 9.20. The summed E-state index contributed by atoms with van der Waals surface area (Å²) >= 11 is 0. The van der Waals surface area contributed by atoms with Crippen molar-refractivity contribution in [1.82, 2.24) is 0 Å². The molecule has 0 N–H and O–H groups in total. The van der Waals surface area contributed by atoms with Gasteiger partial charge in [0.05, 0.1) is 0 Å². The lowest BCUT2D eigenvalue weighted by Gasteiger charge is -2.29. The van der Waals surface area contributed by atoms with E-state index in [-0.39, 0.29) is 0 Å². The molecule has 0 radical (unpaired) electrons. The third-order valence-corrected chi connectivity index (χ3v) is 3.80.